The summed E-state index contributed by atoms with van der Waals surface area (Å²) in [6, 6.07) is 14.5. The fourth-order valence-electron chi connectivity index (χ4n) is 2.58. The molecule has 0 aromatic heterocycles. The SMILES string of the molecule is CN(CCCNC(=O)CNC(=O)OCc1ccccc1)C(=O)c1ccc([N+](=O)[O-])cc1. The van der Waals surface area contributed by atoms with Crippen molar-refractivity contribution in [3.05, 3.63) is 75.8 Å². The molecule has 0 spiro atoms. The summed E-state index contributed by atoms with van der Waals surface area (Å²) in [5, 5.41) is 15.7. The Morgan fingerprint density at radius 2 is 1.71 bits per heavy atom. The Morgan fingerprint density at radius 3 is 2.35 bits per heavy atom. The van der Waals surface area contributed by atoms with Crippen LogP contribution in [0.15, 0.2) is 54.6 Å². The first-order valence-electron chi connectivity index (χ1n) is 9.58. The first kappa shape index (κ1) is 23.3. The van der Waals surface area contributed by atoms with Gasteiger partial charge in [-0.2, -0.15) is 0 Å². The number of alkyl carbamates (subject to hydrolysis) is 1. The van der Waals surface area contributed by atoms with E-state index in [-0.39, 0.29) is 30.7 Å². The average Bonchev–Trinajstić information content (AvgIpc) is 2.79. The molecular formula is C21H24N4O6. The molecule has 2 N–H and O–H groups in total. The van der Waals surface area contributed by atoms with Crippen molar-refractivity contribution in [1.29, 1.82) is 0 Å². The van der Waals surface area contributed by atoms with Crippen molar-refractivity contribution >= 4 is 23.6 Å². The van der Waals surface area contributed by atoms with Crippen LogP contribution in [-0.2, 0) is 16.1 Å². The molecule has 0 unspecified atom stereocenters. The molecule has 164 valence electrons. The number of benzene rings is 2. The molecule has 0 fully saturated rings. The maximum atomic E-state index is 12.3. The zero-order chi connectivity index (χ0) is 22.6. The Hall–Kier alpha value is -3.95. The van der Waals surface area contributed by atoms with Crippen LogP contribution in [0, 0.1) is 10.1 Å². The van der Waals surface area contributed by atoms with E-state index >= 15 is 0 Å². The van der Waals surface area contributed by atoms with Crippen LogP contribution in [0.4, 0.5) is 10.5 Å². The first-order chi connectivity index (χ1) is 14.9. The van der Waals surface area contributed by atoms with E-state index in [2.05, 4.69) is 10.6 Å². The molecule has 10 nitrogen and oxygen atoms in total. The van der Waals surface area contributed by atoms with Crippen LogP contribution < -0.4 is 10.6 Å². The van der Waals surface area contributed by atoms with Crippen molar-refractivity contribution in [1.82, 2.24) is 15.5 Å². The lowest BCUT2D eigenvalue weighted by atomic mass is 10.2. The second-order valence-corrected chi connectivity index (χ2v) is 6.65. The number of nitro benzene ring substituents is 1. The second kappa shape index (κ2) is 11.9. The minimum Gasteiger partial charge on any atom is -0.445 e. The van der Waals surface area contributed by atoms with Gasteiger partial charge in [-0.15, -0.1) is 0 Å². The van der Waals surface area contributed by atoms with Crippen LogP contribution in [0.1, 0.15) is 22.3 Å². The third-order valence-electron chi connectivity index (χ3n) is 4.27. The van der Waals surface area contributed by atoms with Crippen molar-refractivity contribution in [3.63, 3.8) is 0 Å². The number of carbonyl (C=O) groups is 3. The average molecular weight is 428 g/mol. The Kier molecular flexibility index (Phi) is 8.96. The van der Waals surface area contributed by atoms with Gasteiger partial charge >= 0.3 is 6.09 Å². The molecule has 0 aliphatic heterocycles. The number of nitro groups is 1. The summed E-state index contributed by atoms with van der Waals surface area (Å²) >= 11 is 0. The van der Waals surface area contributed by atoms with Gasteiger partial charge in [0.15, 0.2) is 0 Å². The minimum atomic E-state index is -0.688. The zero-order valence-electron chi connectivity index (χ0n) is 17.1. The van der Waals surface area contributed by atoms with Gasteiger partial charge in [0.2, 0.25) is 5.91 Å². The lowest BCUT2D eigenvalue weighted by Crippen LogP contribution is -2.38. The molecule has 0 aliphatic carbocycles. The number of hydrogen-bond donors (Lipinski definition) is 2. The number of rotatable bonds is 10. The molecule has 2 aromatic rings. The van der Waals surface area contributed by atoms with Gasteiger partial charge in [-0.25, -0.2) is 4.79 Å². The molecule has 2 rings (SSSR count). The van der Waals surface area contributed by atoms with E-state index in [9.17, 15) is 24.5 Å². The van der Waals surface area contributed by atoms with Gasteiger partial charge in [0.25, 0.3) is 11.6 Å². The fraction of sp³-hybridized carbons (Fsp3) is 0.286. The smallest absolute Gasteiger partial charge is 0.407 e. The first-order valence-corrected chi connectivity index (χ1v) is 9.58. The molecular weight excluding hydrogens is 404 g/mol. The number of nitrogens with one attached hydrogen (secondary N) is 2. The van der Waals surface area contributed by atoms with E-state index in [0.717, 1.165) is 5.56 Å². The summed E-state index contributed by atoms with van der Waals surface area (Å²) in [6.07, 6.45) is -0.188. The summed E-state index contributed by atoms with van der Waals surface area (Å²) in [5.74, 6) is -0.648. The molecule has 0 saturated heterocycles. The van der Waals surface area contributed by atoms with E-state index < -0.39 is 11.0 Å². The van der Waals surface area contributed by atoms with E-state index in [1.165, 1.54) is 29.2 Å². The van der Waals surface area contributed by atoms with Crippen molar-refractivity contribution in [3.8, 4) is 0 Å². The van der Waals surface area contributed by atoms with Gasteiger partial charge in [0, 0.05) is 37.8 Å². The Bertz CT molecular complexity index is 902. The third kappa shape index (κ3) is 8.13. The lowest BCUT2D eigenvalue weighted by Gasteiger charge is -2.17. The predicted molar refractivity (Wildman–Crippen MR) is 112 cm³/mol. The van der Waals surface area contributed by atoms with Crippen molar-refractivity contribution in [2.24, 2.45) is 0 Å². The molecule has 0 heterocycles. The fourth-order valence-corrected chi connectivity index (χ4v) is 2.58. The van der Waals surface area contributed by atoms with E-state index in [4.69, 9.17) is 4.74 Å². The number of ether oxygens (including phenoxy) is 1. The molecule has 10 heteroatoms. The summed E-state index contributed by atoms with van der Waals surface area (Å²) in [7, 11) is 1.61. The quantitative estimate of drug-likeness (QED) is 0.338. The van der Waals surface area contributed by atoms with Crippen LogP contribution >= 0.6 is 0 Å². The number of amides is 3. The van der Waals surface area contributed by atoms with Crippen molar-refractivity contribution in [2.45, 2.75) is 13.0 Å². The predicted octanol–water partition coefficient (Wildman–Crippen LogP) is 2.10. The monoisotopic (exact) mass is 428 g/mol. The van der Waals surface area contributed by atoms with Crippen molar-refractivity contribution < 1.29 is 24.0 Å². The Labute approximate surface area is 179 Å². The third-order valence-corrected chi connectivity index (χ3v) is 4.27. The largest absolute Gasteiger partial charge is 0.445 e. The molecule has 0 radical (unpaired) electrons. The standard InChI is InChI=1S/C21H24N4O6/c1-24(20(27)17-8-10-18(11-9-17)25(29)30)13-5-12-22-19(26)14-23-21(28)31-15-16-6-3-2-4-7-16/h2-4,6-11H,5,12-15H2,1H3,(H,22,26)(H,23,28). The van der Waals surface area contributed by atoms with Crippen LogP contribution in [0.3, 0.4) is 0 Å². The van der Waals surface area contributed by atoms with Gasteiger partial charge in [-0.05, 0) is 24.1 Å². The molecule has 0 aliphatic rings. The van der Waals surface area contributed by atoms with Gasteiger partial charge in [0.05, 0.1) is 11.5 Å². The normalized spacial score (nSPS) is 10.1. The summed E-state index contributed by atoms with van der Waals surface area (Å²) < 4.78 is 5.01. The van der Waals surface area contributed by atoms with Crippen LogP contribution in [0.2, 0.25) is 0 Å². The van der Waals surface area contributed by atoms with Crippen LogP contribution in [0.25, 0.3) is 0 Å². The molecule has 0 bridgehead atoms. The molecule has 31 heavy (non-hydrogen) atoms. The highest BCUT2D eigenvalue weighted by molar-refractivity contribution is 5.94. The molecule has 0 saturated carbocycles. The maximum absolute atomic E-state index is 12.3. The number of nitrogens with zero attached hydrogens (tertiary/aromatic N) is 2. The van der Waals surface area contributed by atoms with Crippen LogP contribution in [-0.4, -0.2) is 54.4 Å². The number of carbonyl (C=O) groups excluding carboxylic acids is 3. The zero-order valence-corrected chi connectivity index (χ0v) is 17.1. The van der Waals surface area contributed by atoms with E-state index in [0.29, 0.717) is 25.1 Å². The Morgan fingerprint density at radius 1 is 1.03 bits per heavy atom. The van der Waals surface area contributed by atoms with Gasteiger partial charge in [0.1, 0.15) is 6.61 Å². The Balaban J connectivity index is 1.60. The van der Waals surface area contributed by atoms with E-state index in [1.807, 2.05) is 30.3 Å². The number of non-ortho nitro benzene ring substituents is 1. The molecule has 3 amide bonds. The summed E-state index contributed by atoms with van der Waals surface area (Å²) in [5.41, 5.74) is 1.10. The van der Waals surface area contributed by atoms with E-state index in [1.54, 1.807) is 7.05 Å². The topological polar surface area (TPSA) is 131 Å². The second-order valence-electron chi connectivity index (χ2n) is 6.65. The lowest BCUT2D eigenvalue weighted by molar-refractivity contribution is -0.384. The summed E-state index contributed by atoms with van der Waals surface area (Å²) in [4.78, 5) is 47.3. The molecule has 2 aromatic carbocycles. The highest BCUT2D eigenvalue weighted by atomic mass is 16.6. The van der Waals surface area contributed by atoms with Gasteiger partial charge in [-0.1, -0.05) is 30.3 Å². The highest BCUT2D eigenvalue weighted by Crippen LogP contribution is 2.13. The molecule has 0 atom stereocenters. The number of hydrogen-bond acceptors (Lipinski definition) is 6. The van der Waals surface area contributed by atoms with Gasteiger partial charge in [-0.3, -0.25) is 19.7 Å². The van der Waals surface area contributed by atoms with Gasteiger partial charge < -0.3 is 20.3 Å². The maximum Gasteiger partial charge on any atom is 0.407 e. The highest BCUT2D eigenvalue weighted by Gasteiger charge is 2.13. The van der Waals surface area contributed by atoms with Crippen LogP contribution in [0.5, 0.6) is 0 Å². The summed E-state index contributed by atoms with van der Waals surface area (Å²) in [6.45, 7) is 0.592. The minimum absolute atomic E-state index is 0.0838. The van der Waals surface area contributed by atoms with Crippen molar-refractivity contribution in [2.75, 3.05) is 26.7 Å².